The number of pyridine rings is 2. The molecule has 5 heterocycles. The summed E-state index contributed by atoms with van der Waals surface area (Å²) in [5.41, 5.74) is 3.54. The number of fused-ring (bicyclic) bond motifs is 1. The lowest BCUT2D eigenvalue weighted by atomic mass is 10.1. The average molecular weight is 571 g/mol. The Morgan fingerprint density at radius 2 is 1.87 bits per heavy atom. The van der Waals surface area contributed by atoms with E-state index < -0.39 is 0 Å². The molecule has 2 aliphatic rings. The van der Waals surface area contributed by atoms with Gasteiger partial charge in [0.25, 0.3) is 0 Å². The number of halogens is 2. The summed E-state index contributed by atoms with van der Waals surface area (Å²) in [7, 11) is 0. The Bertz CT molecular complexity index is 1400. The Hall–Kier alpha value is -2.52. The van der Waals surface area contributed by atoms with Crippen LogP contribution in [0, 0.1) is 0 Å². The first-order chi connectivity index (χ1) is 18.6. The quantitative estimate of drug-likeness (QED) is 0.243. The highest BCUT2D eigenvalue weighted by Crippen LogP contribution is 2.37. The third-order valence-electron chi connectivity index (χ3n) is 7.07. The molecular formula is C28H29Cl2N5O2S. The fraction of sp³-hybridized carbons (Fsp3) is 0.393. The molecule has 0 saturated carbocycles. The molecule has 2 aliphatic heterocycles. The van der Waals surface area contributed by atoms with E-state index in [9.17, 15) is 0 Å². The summed E-state index contributed by atoms with van der Waals surface area (Å²) in [4.78, 5) is 11.2. The molecule has 3 aromatic heterocycles. The summed E-state index contributed by atoms with van der Waals surface area (Å²) >= 11 is 14.8. The van der Waals surface area contributed by atoms with Crippen LogP contribution in [0.1, 0.15) is 44.1 Å². The topological polar surface area (TPSA) is 65.3 Å². The van der Waals surface area contributed by atoms with E-state index in [-0.39, 0.29) is 12.3 Å². The fourth-order valence-corrected chi connectivity index (χ4v) is 6.70. The maximum Gasteiger partial charge on any atom is 0.150 e. The van der Waals surface area contributed by atoms with Gasteiger partial charge < -0.3 is 14.4 Å². The average Bonchev–Trinajstić information content (AvgIpc) is 3.33. The Labute approximate surface area is 236 Å². The molecule has 0 N–H and O–H groups in total. The van der Waals surface area contributed by atoms with Gasteiger partial charge in [0.05, 0.1) is 15.6 Å². The van der Waals surface area contributed by atoms with Gasteiger partial charge in [0.1, 0.15) is 23.4 Å². The zero-order valence-electron chi connectivity index (χ0n) is 21.1. The molecule has 0 aliphatic carbocycles. The van der Waals surface area contributed by atoms with Crippen molar-refractivity contribution in [1.82, 2.24) is 19.7 Å². The van der Waals surface area contributed by atoms with Gasteiger partial charge in [-0.05, 0) is 56.5 Å². The molecule has 1 unspecified atom stereocenters. The maximum absolute atomic E-state index is 6.38. The first-order valence-corrected chi connectivity index (χ1v) is 14.9. The van der Waals surface area contributed by atoms with Gasteiger partial charge >= 0.3 is 0 Å². The number of anilines is 1. The van der Waals surface area contributed by atoms with Crippen molar-refractivity contribution in [2.75, 3.05) is 36.1 Å². The van der Waals surface area contributed by atoms with E-state index in [0.29, 0.717) is 21.4 Å². The van der Waals surface area contributed by atoms with Crippen LogP contribution in [0.2, 0.25) is 10.0 Å². The summed E-state index contributed by atoms with van der Waals surface area (Å²) in [6, 6.07) is 10.3. The second-order valence-corrected chi connectivity index (χ2v) is 11.6. The van der Waals surface area contributed by atoms with Crippen LogP contribution < -0.4 is 9.64 Å². The summed E-state index contributed by atoms with van der Waals surface area (Å²) in [6.07, 6.45) is 7.79. The van der Waals surface area contributed by atoms with Crippen molar-refractivity contribution in [3.63, 3.8) is 0 Å². The van der Waals surface area contributed by atoms with Crippen LogP contribution in [0.15, 0.2) is 48.9 Å². The molecule has 4 aromatic rings. The molecule has 2 fully saturated rings. The van der Waals surface area contributed by atoms with Crippen LogP contribution in [0.5, 0.6) is 5.75 Å². The zero-order chi connectivity index (χ0) is 26.1. The van der Waals surface area contributed by atoms with Crippen molar-refractivity contribution >= 4 is 51.7 Å². The Balaban J connectivity index is 1.37. The highest BCUT2D eigenvalue weighted by molar-refractivity contribution is 7.99. The van der Waals surface area contributed by atoms with E-state index in [2.05, 4.69) is 28.1 Å². The van der Waals surface area contributed by atoms with Crippen LogP contribution in [-0.4, -0.2) is 51.0 Å². The molecule has 2 atom stereocenters. The van der Waals surface area contributed by atoms with E-state index in [1.54, 1.807) is 12.4 Å². The van der Waals surface area contributed by atoms with Crippen molar-refractivity contribution in [3.05, 3.63) is 64.5 Å². The van der Waals surface area contributed by atoms with Gasteiger partial charge in [-0.25, -0.2) is 9.67 Å². The van der Waals surface area contributed by atoms with E-state index in [1.165, 1.54) is 0 Å². The Morgan fingerprint density at radius 1 is 1.05 bits per heavy atom. The van der Waals surface area contributed by atoms with Gasteiger partial charge in [0.15, 0.2) is 6.23 Å². The Morgan fingerprint density at radius 3 is 2.58 bits per heavy atom. The van der Waals surface area contributed by atoms with E-state index in [4.69, 9.17) is 42.8 Å². The van der Waals surface area contributed by atoms with Crippen molar-refractivity contribution in [1.29, 1.82) is 0 Å². The van der Waals surface area contributed by atoms with Gasteiger partial charge in [0.2, 0.25) is 0 Å². The van der Waals surface area contributed by atoms with Crippen molar-refractivity contribution < 1.29 is 9.47 Å². The molecule has 1 aromatic carbocycles. The Kier molecular flexibility index (Phi) is 7.66. The van der Waals surface area contributed by atoms with Crippen LogP contribution in [0.3, 0.4) is 0 Å². The standard InChI is InChI=1S/C28H29Cl2N5O2S/c1-18(27-22(29)16-31-17-23(27)30)37-20-6-7-24-21(14-20)28(33-35(24)26-4-2-3-11-36-26)19-5-8-25(32-15-19)34-9-12-38-13-10-34/h5-8,14-18,26H,2-4,9-13H2,1H3/t18-,26?/m0/s1. The minimum absolute atomic E-state index is 0.0850. The van der Waals surface area contributed by atoms with Crippen LogP contribution in [0.25, 0.3) is 22.2 Å². The molecule has 0 radical (unpaired) electrons. The summed E-state index contributed by atoms with van der Waals surface area (Å²) in [5, 5.41) is 7.00. The van der Waals surface area contributed by atoms with Gasteiger partial charge in [0, 0.05) is 66.3 Å². The number of ether oxygens (including phenoxy) is 2. The number of nitrogens with zero attached hydrogens (tertiary/aromatic N) is 5. The van der Waals surface area contributed by atoms with Crippen molar-refractivity contribution in [3.8, 4) is 17.0 Å². The molecule has 38 heavy (non-hydrogen) atoms. The number of hydrogen-bond donors (Lipinski definition) is 0. The highest BCUT2D eigenvalue weighted by Gasteiger charge is 2.23. The lowest BCUT2D eigenvalue weighted by Gasteiger charge is -2.27. The largest absolute Gasteiger partial charge is 0.486 e. The van der Waals surface area contributed by atoms with Gasteiger partial charge in [-0.3, -0.25) is 4.98 Å². The van der Waals surface area contributed by atoms with Crippen molar-refractivity contribution in [2.45, 2.75) is 38.5 Å². The molecule has 6 rings (SSSR count). The molecule has 0 spiro atoms. The molecule has 0 bridgehead atoms. The first-order valence-electron chi connectivity index (χ1n) is 13.0. The van der Waals surface area contributed by atoms with Gasteiger partial charge in [-0.15, -0.1) is 0 Å². The summed E-state index contributed by atoms with van der Waals surface area (Å²) < 4.78 is 14.5. The number of thioether (sulfide) groups is 1. The predicted octanol–water partition coefficient (Wildman–Crippen LogP) is 7.19. The summed E-state index contributed by atoms with van der Waals surface area (Å²) in [5.74, 6) is 3.99. The second-order valence-electron chi connectivity index (χ2n) is 9.57. The van der Waals surface area contributed by atoms with E-state index in [1.807, 2.05) is 41.7 Å². The van der Waals surface area contributed by atoms with E-state index >= 15 is 0 Å². The monoisotopic (exact) mass is 569 g/mol. The minimum atomic E-state index is -0.362. The molecule has 7 nitrogen and oxygen atoms in total. The number of rotatable bonds is 6. The van der Waals surface area contributed by atoms with Crippen molar-refractivity contribution in [2.24, 2.45) is 0 Å². The lowest BCUT2D eigenvalue weighted by Crippen LogP contribution is -2.32. The van der Waals surface area contributed by atoms with Crippen LogP contribution in [-0.2, 0) is 4.74 Å². The zero-order valence-corrected chi connectivity index (χ0v) is 23.5. The van der Waals surface area contributed by atoms with Crippen LogP contribution in [0.4, 0.5) is 5.82 Å². The third kappa shape index (κ3) is 5.19. The summed E-state index contributed by atoms with van der Waals surface area (Å²) in [6.45, 7) is 4.73. The third-order valence-corrected chi connectivity index (χ3v) is 8.62. The molecule has 0 amide bonds. The fourth-order valence-electron chi connectivity index (χ4n) is 5.12. The minimum Gasteiger partial charge on any atom is -0.486 e. The smallest absolute Gasteiger partial charge is 0.150 e. The molecule has 198 valence electrons. The van der Waals surface area contributed by atoms with Gasteiger partial charge in [-0.2, -0.15) is 16.9 Å². The van der Waals surface area contributed by atoms with Gasteiger partial charge in [-0.1, -0.05) is 23.2 Å². The molecule has 2 saturated heterocycles. The number of aromatic nitrogens is 4. The second kappa shape index (κ2) is 11.3. The SMILES string of the molecule is C[C@H](Oc1ccc2c(c1)c(-c1ccc(N3CCSCC3)nc1)nn2C1CCCCO1)c1c(Cl)cncc1Cl. The van der Waals surface area contributed by atoms with Crippen LogP contribution >= 0.6 is 35.0 Å². The number of benzene rings is 1. The maximum atomic E-state index is 6.38. The lowest BCUT2D eigenvalue weighted by molar-refractivity contribution is -0.0365. The normalized spacial score (nSPS) is 19.0. The first kappa shape index (κ1) is 25.7. The van der Waals surface area contributed by atoms with E-state index in [0.717, 1.165) is 78.4 Å². The molecular weight excluding hydrogens is 541 g/mol. The predicted molar refractivity (Wildman–Crippen MR) is 155 cm³/mol. The molecule has 10 heteroatoms. The number of hydrogen-bond acceptors (Lipinski definition) is 7. The highest BCUT2D eigenvalue weighted by atomic mass is 35.5.